The average molecular weight is 277 g/mol. The first-order valence-corrected chi connectivity index (χ1v) is 6.61. The van der Waals surface area contributed by atoms with Crippen molar-refractivity contribution in [1.82, 2.24) is 9.80 Å². The van der Waals surface area contributed by atoms with Crippen LogP contribution >= 0.6 is 0 Å². The SMILES string of the molecule is Nc1ccc(CC(=O)N2CCN(CC(=O)O)CC2)cc1. The topological polar surface area (TPSA) is 86.9 Å². The van der Waals surface area contributed by atoms with Gasteiger partial charge in [-0.05, 0) is 17.7 Å². The Balaban J connectivity index is 1.82. The molecule has 1 aromatic carbocycles. The van der Waals surface area contributed by atoms with Crippen molar-refractivity contribution in [2.45, 2.75) is 6.42 Å². The van der Waals surface area contributed by atoms with Gasteiger partial charge in [0.1, 0.15) is 0 Å². The maximum Gasteiger partial charge on any atom is 0.317 e. The van der Waals surface area contributed by atoms with Crippen molar-refractivity contribution in [1.29, 1.82) is 0 Å². The molecule has 0 aromatic heterocycles. The molecule has 0 atom stereocenters. The maximum absolute atomic E-state index is 12.1. The summed E-state index contributed by atoms with van der Waals surface area (Å²) in [6.07, 6.45) is 0.360. The fraction of sp³-hybridized carbons (Fsp3) is 0.429. The fourth-order valence-electron chi connectivity index (χ4n) is 2.27. The van der Waals surface area contributed by atoms with E-state index in [1.165, 1.54) is 0 Å². The van der Waals surface area contributed by atoms with Gasteiger partial charge < -0.3 is 15.7 Å². The molecule has 6 nitrogen and oxygen atoms in total. The van der Waals surface area contributed by atoms with Gasteiger partial charge in [0.15, 0.2) is 0 Å². The summed E-state index contributed by atoms with van der Waals surface area (Å²) in [5, 5.41) is 8.73. The predicted octanol–water partition coefficient (Wildman–Crippen LogP) is 0.0401. The molecule has 20 heavy (non-hydrogen) atoms. The number of carbonyl (C=O) groups excluding carboxylic acids is 1. The van der Waals surface area contributed by atoms with Crippen LogP contribution in [0.2, 0.25) is 0 Å². The predicted molar refractivity (Wildman–Crippen MR) is 75.2 cm³/mol. The van der Waals surface area contributed by atoms with Crippen molar-refractivity contribution < 1.29 is 14.7 Å². The van der Waals surface area contributed by atoms with Crippen LogP contribution in [-0.2, 0) is 16.0 Å². The summed E-state index contributed by atoms with van der Waals surface area (Å²) in [5.74, 6) is -0.753. The minimum atomic E-state index is -0.827. The monoisotopic (exact) mass is 277 g/mol. The normalized spacial score (nSPS) is 16.1. The number of amides is 1. The van der Waals surface area contributed by atoms with E-state index in [1.54, 1.807) is 17.0 Å². The molecule has 1 amide bonds. The highest BCUT2D eigenvalue weighted by Crippen LogP contribution is 2.09. The van der Waals surface area contributed by atoms with Crippen LogP contribution in [0, 0.1) is 0 Å². The lowest BCUT2D eigenvalue weighted by Gasteiger charge is -2.33. The van der Waals surface area contributed by atoms with Gasteiger partial charge in [-0.3, -0.25) is 14.5 Å². The Labute approximate surface area is 117 Å². The van der Waals surface area contributed by atoms with E-state index in [4.69, 9.17) is 10.8 Å². The third kappa shape index (κ3) is 3.96. The number of hydrogen-bond acceptors (Lipinski definition) is 4. The number of carboxylic acid groups (broad SMARTS) is 1. The Kier molecular flexibility index (Phi) is 4.57. The van der Waals surface area contributed by atoms with Crippen molar-refractivity contribution in [2.24, 2.45) is 0 Å². The van der Waals surface area contributed by atoms with Crippen LogP contribution in [0.5, 0.6) is 0 Å². The van der Waals surface area contributed by atoms with Gasteiger partial charge in [-0.2, -0.15) is 0 Å². The summed E-state index contributed by atoms with van der Waals surface area (Å²) in [4.78, 5) is 26.4. The molecule has 1 fully saturated rings. The summed E-state index contributed by atoms with van der Waals surface area (Å²) in [6.45, 7) is 2.43. The first-order chi connectivity index (χ1) is 9.54. The van der Waals surface area contributed by atoms with E-state index in [1.807, 2.05) is 17.0 Å². The molecule has 0 unspecified atom stereocenters. The maximum atomic E-state index is 12.1. The lowest BCUT2D eigenvalue weighted by molar-refractivity contribution is -0.139. The smallest absolute Gasteiger partial charge is 0.317 e. The van der Waals surface area contributed by atoms with Gasteiger partial charge in [-0.25, -0.2) is 0 Å². The van der Waals surface area contributed by atoms with Crippen LogP contribution in [0.1, 0.15) is 5.56 Å². The third-order valence-corrected chi connectivity index (χ3v) is 3.42. The molecule has 108 valence electrons. The molecule has 2 rings (SSSR count). The van der Waals surface area contributed by atoms with E-state index in [0.717, 1.165) is 5.56 Å². The Hall–Kier alpha value is -2.08. The minimum absolute atomic E-state index is 0.0417. The van der Waals surface area contributed by atoms with Crippen molar-refractivity contribution in [3.63, 3.8) is 0 Å². The molecule has 1 aliphatic rings. The molecule has 6 heteroatoms. The Bertz CT molecular complexity index is 479. The summed E-state index contributed by atoms with van der Waals surface area (Å²) < 4.78 is 0. The second-order valence-corrected chi connectivity index (χ2v) is 4.97. The third-order valence-electron chi connectivity index (χ3n) is 3.42. The average Bonchev–Trinajstić information content (AvgIpc) is 2.41. The largest absolute Gasteiger partial charge is 0.480 e. The van der Waals surface area contributed by atoms with E-state index in [-0.39, 0.29) is 12.5 Å². The quantitative estimate of drug-likeness (QED) is 0.759. The van der Waals surface area contributed by atoms with Crippen LogP contribution in [0.25, 0.3) is 0 Å². The Morgan fingerprint density at radius 1 is 1.10 bits per heavy atom. The number of carboxylic acids is 1. The summed E-state index contributed by atoms with van der Waals surface area (Å²) in [5.41, 5.74) is 7.23. The number of nitrogens with zero attached hydrogens (tertiary/aromatic N) is 2. The zero-order chi connectivity index (χ0) is 14.5. The number of anilines is 1. The van der Waals surface area contributed by atoms with Crippen molar-refractivity contribution in [3.8, 4) is 0 Å². The standard InChI is InChI=1S/C14H19N3O3/c15-12-3-1-11(2-4-12)9-13(18)17-7-5-16(6-8-17)10-14(19)20/h1-4H,5-10,15H2,(H,19,20). The number of rotatable bonds is 4. The van der Waals surface area contributed by atoms with Gasteiger partial charge in [0.05, 0.1) is 13.0 Å². The molecule has 1 saturated heterocycles. The van der Waals surface area contributed by atoms with E-state index in [2.05, 4.69) is 0 Å². The first kappa shape index (κ1) is 14.3. The van der Waals surface area contributed by atoms with Crippen LogP contribution in [0.3, 0.4) is 0 Å². The van der Waals surface area contributed by atoms with Gasteiger partial charge in [0.25, 0.3) is 0 Å². The summed E-state index contributed by atoms with van der Waals surface area (Å²) in [6, 6.07) is 7.28. The van der Waals surface area contributed by atoms with Gasteiger partial charge in [-0.1, -0.05) is 12.1 Å². The second-order valence-electron chi connectivity index (χ2n) is 4.97. The van der Waals surface area contributed by atoms with Crippen molar-refractivity contribution in [3.05, 3.63) is 29.8 Å². The van der Waals surface area contributed by atoms with Crippen molar-refractivity contribution >= 4 is 17.6 Å². The van der Waals surface area contributed by atoms with E-state index >= 15 is 0 Å². The lowest BCUT2D eigenvalue weighted by Crippen LogP contribution is -2.50. The van der Waals surface area contributed by atoms with E-state index in [0.29, 0.717) is 38.3 Å². The Morgan fingerprint density at radius 3 is 2.25 bits per heavy atom. The second kappa shape index (κ2) is 6.38. The summed E-state index contributed by atoms with van der Waals surface area (Å²) >= 11 is 0. The Morgan fingerprint density at radius 2 is 1.70 bits per heavy atom. The number of aliphatic carboxylic acids is 1. The highest BCUT2D eigenvalue weighted by molar-refractivity contribution is 5.79. The van der Waals surface area contributed by atoms with Gasteiger partial charge in [0.2, 0.25) is 5.91 Å². The van der Waals surface area contributed by atoms with Crippen LogP contribution in [0.4, 0.5) is 5.69 Å². The zero-order valence-electron chi connectivity index (χ0n) is 11.3. The van der Waals surface area contributed by atoms with Crippen LogP contribution in [-0.4, -0.2) is 59.5 Å². The fourth-order valence-corrected chi connectivity index (χ4v) is 2.27. The highest BCUT2D eigenvalue weighted by atomic mass is 16.4. The van der Waals surface area contributed by atoms with Crippen molar-refractivity contribution in [2.75, 3.05) is 38.5 Å². The van der Waals surface area contributed by atoms with Crippen LogP contribution in [0.15, 0.2) is 24.3 Å². The molecule has 3 N–H and O–H groups in total. The molecule has 0 radical (unpaired) electrons. The van der Waals surface area contributed by atoms with E-state index < -0.39 is 5.97 Å². The summed E-state index contributed by atoms with van der Waals surface area (Å²) in [7, 11) is 0. The molecule has 0 aliphatic carbocycles. The van der Waals surface area contributed by atoms with E-state index in [9.17, 15) is 9.59 Å². The molecule has 0 saturated carbocycles. The number of nitrogen functional groups attached to an aromatic ring is 1. The number of piperazine rings is 1. The number of hydrogen-bond donors (Lipinski definition) is 2. The molecule has 1 aromatic rings. The molecule has 0 spiro atoms. The molecular weight excluding hydrogens is 258 g/mol. The van der Waals surface area contributed by atoms with Crippen LogP contribution < -0.4 is 5.73 Å². The number of benzene rings is 1. The number of nitrogens with two attached hydrogens (primary N) is 1. The van der Waals surface area contributed by atoms with Gasteiger partial charge in [0, 0.05) is 31.9 Å². The highest BCUT2D eigenvalue weighted by Gasteiger charge is 2.22. The number of carbonyl (C=O) groups is 2. The molecular formula is C14H19N3O3. The molecule has 1 heterocycles. The molecule has 0 bridgehead atoms. The first-order valence-electron chi connectivity index (χ1n) is 6.61. The lowest BCUT2D eigenvalue weighted by atomic mass is 10.1. The minimum Gasteiger partial charge on any atom is -0.480 e. The van der Waals surface area contributed by atoms with Gasteiger partial charge in [-0.15, -0.1) is 0 Å². The van der Waals surface area contributed by atoms with Gasteiger partial charge >= 0.3 is 5.97 Å². The zero-order valence-corrected chi connectivity index (χ0v) is 11.3. The molecule has 1 aliphatic heterocycles.